The van der Waals surface area contributed by atoms with Crippen LogP contribution in [0.25, 0.3) is 5.69 Å². The van der Waals surface area contributed by atoms with Crippen LogP contribution in [0.4, 0.5) is 4.39 Å². The van der Waals surface area contributed by atoms with Crippen LogP contribution >= 0.6 is 0 Å². The van der Waals surface area contributed by atoms with Crippen LogP contribution < -0.4 is 11.2 Å². The molecule has 0 aliphatic carbocycles. The predicted molar refractivity (Wildman–Crippen MR) is 100 cm³/mol. The predicted octanol–water partition coefficient (Wildman–Crippen LogP) is 0.486. The molecule has 2 heterocycles. The number of hydrogen-bond donors (Lipinski definition) is 0. The molecule has 2 aromatic rings. The van der Waals surface area contributed by atoms with Gasteiger partial charge in [0, 0.05) is 20.1 Å². The lowest BCUT2D eigenvalue weighted by Crippen LogP contribution is -2.48. The number of hydrogen-bond acceptors (Lipinski definition) is 6. The summed E-state index contributed by atoms with van der Waals surface area (Å²) in [7, 11) is 1.24. The molecular weight excluding hydrogens is 383 g/mol. The van der Waals surface area contributed by atoms with Crippen molar-refractivity contribution in [3.05, 3.63) is 56.6 Å². The zero-order valence-electron chi connectivity index (χ0n) is 16.1. The maximum atomic E-state index is 13.2. The minimum Gasteiger partial charge on any atom is -0.466 e. The second kappa shape index (κ2) is 8.38. The van der Waals surface area contributed by atoms with E-state index >= 15 is 0 Å². The summed E-state index contributed by atoms with van der Waals surface area (Å²) in [6.07, 6.45) is 1.16. The van der Waals surface area contributed by atoms with E-state index in [-0.39, 0.29) is 24.8 Å². The van der Waals surface area contributed by atoms with E-state index in [0.29, 0.717) is 19.4 Å². The lowest BCUT2D eigenvalue weighted by atomic mass is 9.98. The average Bonchev–Trinajstić information content (AvgIpc) is 2.73. The molecular formula is C19H21FN4O5. The summed E-state index contributed by atoms with van der Waals surface area (Å²) in [5.41, 5.74) is -1.83. The molecule has 9 nitrogen and oxygen atoms in total. The summed E-state index contributed by atoms with van der Waals surface area (Å²) >= 11 is 0. The molecule has 1 amide bonds. The van der Waals surface area contributed by atoms with E-state index < -0.39 is 34.6 Å². The zero-order chi connectivity index (χ0) is 21.1. The van der Waals surface area contributed by atoms with Gasteiger partial charge in [-0.25, -0.2) is 9.18 Å². The van der Waals surface area contributed by atoms with E-state index in [4.69, 9.17) is 4.74 Å². The lowest BCUT2D eigenvalue weighted by Gasteiger charge is -2.31. The molecule has 0 N–H and O–H groups in total. The number of rotatable bonds is 4. The van der Waals surface area contributed by atoms with E-state index in [0.717, 1.165) is 21.4 Å². The van der Waals surface area contributed by atoms with Gasteiger partial charge in [0.2, 0.25) is 5.69 Å². The third-order valence-electron chi connectivity index (χ3n) is 4.78. The second-order valence-electron chi connectivity index (χ2n) is 6.73. The Labute approximate surface area is 165 Å². The molecule has 1 aliphatic heterocycles. The number of piperidine rings is 1. The highest BCUT2D eigenvalue weighted by molar-refractivity contribution is 5.92. The largest absolute Gasteiger partial charge is 0.466 e. The van der Waals surface area contributed by atoms with Gasteiger partial charge in [-0.15, -0.1) is 0 Å². The molecule has 3 rings (SSSR count). The number of esters is 1. The van der Waals surface area contributed by atoms with Gasteiger partial charge in [-0.1, -0.05) is 0 Å². The highest BCUT2D eigenvalue weighted by Crippen LogP contribution is 2.19. The van der Waals surface area contributed by atoms with Crippen molar-refractivity contribution in [2.45, 2.75) is 19.8 Å². The minimum atomic E-state index is -0.836. The molecule has 10 heteroatoms. The molecule has 1 fully saturated rings. The number of halogens is 1. The summed E-state index contributed by atoms with van der Waals surface area (Å²) in [5, 5.41) is 3.95. The molecule has 29 heavy (non-hydrogen) atoms. The first-order chi connectivity index (χ1) is 13.8. The van der Waals surface area contributed by atoms with Crippen molar-refractivity contribution < 1.29 is 18.7 Å². The van der Waals surface area contributed by atoms with E-state index in [1.54, 1.807) is 6.92 Å². The first-order valence-electron chi connectivity index (χ1n) is 9.25. The topological polar surface area (TPSA) is 104 Å². The minimum absolute atomic E-state index is 0.109. The van der Waals surface area contributed by atoms with Crippen molar-refractivity contribution >= 4 is 11.9 Å². The fraction of sp³-hybridized carbons (Fsp3) is 0.421. The van der Waals surface area contributed by atoms with Crippen LogP contribution in [0.1, 0.15) is 30.3 Å². The Morgan fingerprint density at radius 1 is 1.24 bits per heavy atom. The molecule has 0 saturated carbocycles. The van der Waals surface area contributed by atoms with Crippen molar-refractivity contribution in [3.63, 3.8) is 0 Å². The SMILES string of the molecule is CCOC(=O)[C@@H]1CCCN(C(=O)c2nn(-c3ccc(F)cc3)c(=O)n(C)c2=O)C1. The summed E-state index contributed by atoms with van der Waals surface area (Å²) in [4.78, 5) is 51.3. The summed E-state index contributed by atoms with van der Waals surface area (Å²) in [6.45, 7) is 2.41. The molecule has 1 aromatic carbocycles. The van der Waals surface area contributed by atoms with Gasteiger partial charge in [-0.2, -0.15) is 9.78 Å². The Morgan fingerprint density at radius 2 is 1.93 bits per heavy atom. The number of amides is 1. The van der Waals surface area contributed by atoms with E-state index in [9.17, 15) is 23.6 Å². The molecule has 1 aromatic heterocycles. The molecule has 1 atom stereocenters. The third-order valence-corrected chi connectivity index (χ3v) is 4.78. The Balaban J connectivity index is 1.96. The van der Waals surface area contributed by atoms with Crippen LogP contribution in [-0.2, 0) is 16.6 Å². The summed E-state index contributed by atoms with van der Waals surface area (Å²) < 4.78 is 19.9. The first kappa shape index (κ1) is 20.4. The molecule has 0 unspecified atom stereocenters. The van der Waals surface area contributed by atoms with Gasteiger partial charge in [-0.3, -0.25) is 19.0 Å². The first-order valence-corrected chi connectivity index (χ1v) is 9.25. The van der Waals surface area contributed by atoms with Gasteiger partial charge in [0.1, 0.15) is 5.82 Å². The number of aromatic nitrogens is 3. The van der Waals surface area contributed by atoms with Gasteiger partial charge >= 0.3 is 11.7 Å². The smallest absolute Gasteiger partial charge is 0.351 e. The Morgan fingerprint density at radius 3 is 2.59 bits per heavy atom. The van der Waals surface area contributed by atoms with Crippen molar-refractivity contribution in [2.24, 2.45) is 13.0 Å². The van der Waals surface area contributed by atoms with Crippen molar-refractivity contribution in [1.29, 1.82) is 0 Å². The number of benzene rings is 1. The molecule has 0 radical (unpaired) electrons. The zero-order valence-corrected chi connectivity index (χ0v) is 16.1. The highest BCUT2D eigenvalue weighted by Gasteiger charge is 2.32. The quantitative estimate of drug-likeness (QED) is 0.687. The maximum absolute atomic E-state index is 13.2. The molecule has 0 spiro atoms. The van der Waals surface area contributed by atoms with Crippen LogP contribution in [-0.4, -0.2) is 50.8 Å². The lowest BCUT2D eigenvalue weighted by molar-refractivity contribution is -0.149. The fourth-order valence-electron chi connectivity index (χ4n) is 3.22. The van der Waals surface area contributed by atoms with Crippen LogP contribution in [0.3, 0.4) is 0 Å². The molecule has 154 valence electrons. The number of nitrogens with zero attached hydrogens (tertiary/aromatic N) is 4. The van der Waals surface area contributed by atoms with Crippen LogP contribution in [0, 0.1) is 11.7 Å². The van der Waals surface area contributed by atoms with Gasteiger partial charge in [0.15, 0.2) is 0 Å². The number of carbonyl (C=O) groups is 2. The Kier molecular flexibility index (Phi) is 5.90. The van der Waals surface area contributed by atoms with Crippen LogP contribution in [0.15, 0.2) is 33.9 Å². The van der Waals surface area contributed by atoms with Gasteiger partial charge in [-0.05, 0) is 44.0 Å². The average molecular weight is 404 g/mol. The van der Waals surface area contributed by atoms with Crippen molar-refractivity contribution in [2.75, 3.05) is 19.7 Å². The fourth-order valence-corrected chi connectivity index (χ4v) is 3.22. The maximum Gasteiger partial charge on any atom is 0.351 e. The molecule has 1 aliphatic rings. The summed E-state index contributed by atoms with van der Waals surface area (Å²) in [6, 6.07) is 4.93. The normalized spacial score (nSPS) is 16.5. The second-order valence-corrected chi connectivity index (χ2v) is 6.73. The summed E-state index contributed by atoms with van der Waals surface area (Å²) in [5.74, 6) is -2.03. The monoisotopic (exact) mass is 404 g/mol. The van der Waals surface area contributed by atoms with Crippen LogP contribution in [0.2, 0.25) is 0 Å². The standard InChI is InChI=1S/C19H21FN4O5/c1-3-29-18(27)12-5-4-10-23(11-12)17(26)15-16(25)22(2)19(28)24(21-15)14-8-6-13(20)7-9-14/h6-9,12H,3-5,10-11H2,1-2H3/t12-/m1/s1. The highest BCUT2D eigenvalue weighted by atomic mass is 19.1. The van der Waals surface area contributed by atoms with Gasteiger partial charge in [0.05, 0.1) is 18.2 Å². The van der Waals surface area contributed by atoms with E-state index in [2.05, 4.69) is 5.10 Å². The van der Waals surface area contributed by atoms with Gasteiger partial charge < -0.3 is 9.64 Å². The van der Waals surface area contributed by atoms with E-state index in [1.807, 2.05) is 0 Å². The van der Waals surface area contributed by atoms with Crippen molar-refractivity contribution in [1.82, 2.24) is 19.2 Å². The molecule has 1 saturated heterocycles. The molecule has 0 bridgehead atoms. The Hall–Kier alpha value is -3.30. The number of likely N-dealkylation sites (tertiary alicyclic amines) is 1. The van der Waals surface area contributed by atoms with Crippen molar-refractivity contribution in [3.8, 4) is 5.69 Å². The third kappa shape index (κ3) is 4.10. The van der Waals surface area contributed by atoms with E-state index in [1.165, 1.54) is 24.1 Å². The Bertz CT molecular complexity index is 1040. The number of ether oxygens (including phenoxy) is 1. The van der Waals surface area contributed by atoms with Gasteiger partial charge in [0.25, 0.3) is 11.5 Å². The van der Waals surface area contributed by atoms with Crippen LogP contribution in [0.5, 0.6) is 0 Å². The number of carbonyl (C=O) groups excluding carboxylic acids is 2.